The van der Waals surface area contributed by atoms with Gasteiger partial charge in [0.05, 0.1) is 7.11 Å². The van der Waals surface area contributed by atoms with E-state index in [2.05, 4.69) is 5.32 Å². The lowest BCUT2D eigenvalue weighted by Gasteiger charge is -2.27. The molecule has 2 heterocycles. The number of benzene rings is 1. The number of ketones is 1. The van der Waals surface area contributed by atoms with E-state index in [9.17, 15) is 14.0 Å². The zero-order valence-electron chi connectivity index (χ0n) is 13.9. The van der Waals surface area contributed by atoms with Crippen molar-refractivity contribution in [3.05, 3.63) is 29.6 Å². The summed E-state index contributed by atoms with van der Waals surface area (Å²) in [6, 6.07) is 4.69. The van der Waals surface area contributed by atoms with Crippen molar-refractivity contribution in [1.82, 2.24) is 10.2 Å². The number of fused-ring (bicyclic) bond motifs is 2. The van der Waals surface area contributed by atoms with E-state index in [1.807, 2.05) is 4.90 Å². The summed E-state index contributed by atoms with van der Waals surface area (Å²) in [5.74, 6) is -0.638. The number of hydrogen-bond acceptors (Lipinski definition) is 4. The summed E-state index contributed by atoms with van der Waals surface area (Å²) in [4.78, 5) is 26.8. The molecule has 130 valence electrons. The molecule has 3 rings (SSSR count). The van der Waals surface area contributed by atoms with Crippen LogP contribution in [0, 0.1) is 5.82 Å². The highest BCUT2D eigenvalue weighted by molar-refractivity contribution is 5.98. The van der Waals surface area contributed by atoms with E-state index in [0.717, 1.165) is 32.4 Å². The van der Waals surface area contributed by atoms with Gasteiger partial charge in [-0.1, -0.05) is 0 Å². The molecular weight excluding hydrogens is 311 g/mol. The normalized spacial score (nSPS) is 23.0. The Kier molecular flexibility index (Phi) is 5.14. The topological polar surface area (TPSA) is 58.6 Å². The highest BCUT2D eigenvalue weighted by Gasteiger charge is 2.37. The molecule has 1 aromatic carbocycles. The molecule has 0 aromatic heterocycles. The van der Waals surface area contributed by atoms with E-state index in [1.54, 1.807) is 0 Å². The molecule has 2 atom stereocenters. The van der Waals surface area contributed by atoms with Gasteiger partial charge in [0.1, 0.15) is 0 Å². The third-order valence-electron chi connectivity index (χ3n) is 4.98. The van der Waals surface area contributed by atoms with Crippen LogP contribution in [0.5, 0.6) is 5.75 Å². The fourth-order valence-corrected chi connectivity index (χ4v) is 3.72. The number of carbonyl (C=O) groups is 2. The molecule has 24 heavy (non-hydrogen) atoms. The molecule has 2 aliphatic heterocycles. The Bertz CT molecular complexity index is 621. The smallest absolute Gasteiger partial charge is 0.223 e. The number of nitrogens with one attached hydrogen (secondary N) is 1. The van der Waals surface area contributed by atoms with Crippen LogP contribution in [0.15, 0.2) is 18.2 Å². The van der Waals surface area contributed by atoms with Gasteiger partial charge >= 0.3 is 0 Å². The highest BCUT2D eigenvalue weighted by Crippen LogP contribution is 2.29. The zero-order valence-corrected chi connectivity index (χ0v) is 13.9. The second-order valence-electron chi connectivity index (χ2n) is 6.45. The molecule has 2 saturated heterocycles. The Morgan fingerprint density at radius 2 is 2.04 bits per heavy atom. The average molecular weight is 334 g/mol. The highest BCUT2D eigenvalue weighted by atomic mass is 19.1. The minimum atomic E-state index is -0.564. The quantitative estimate of drug-likeness (QED) is 0.838. The first-order valence-electron chi connectivity index (χ1n) is 8.48. The Morgan fingerprint density at radius 3 is 2.79 bits per heavy atom. The monoisotopic (exact) mass is 334 g/mol. The molecule has 5 nitrogen and oxygen atoms in total. The van der Waals surface area contributed by atoms with Crippen molar-refractivity contribution in [3.8, 4) is 5.75 Å². The molecule has 2 unspecified atom stereocenters. The summed E-state index contributed by atoms with van der Waals surface area (Å²) in [5.41, 5.74) is 0.279. The molecule has 1 amide bonds. The Morgan fingerprint density at radius 1 is 1.25 bits per heavy atom. The summed E-state index contributed by atoms with van der Waals surface area (Å²) in [5, 5.41) is 3.36. The predicted octanol–water partition coefficient (Wildman–Crippen LogP) is 2.15. The summed E-state index contributed by atoms with van der Waals surface area (Å²) in [7, 11) is 1.38. The van der Waals surface area contributed by atoms with E-state index < -0.39 is 5.82 Å². The summed E-state index contributed by atoms with van der Waals surface area (Å²) in [6.07, 6.45) is 3.34. The van der Waals surface area contributed by atoms with Crippen LogP contribution in [0.2, 0.25) is 0 Å². The minimum absolute atomic E-state index is 0.0357. The minimum Gasteiger partial charge on any atom is -0.494 e. The summed E-state index contributed by atoms with van der Waals surface area (Å²) >= 11 is 0. The number of halogens is 1. The molecular formula is C18H23FN2O3. The van der Waals surface area contributed by atoms with Crippen LogP contribution < -0.4 is 10.1 Å². The van der Waals surface area contributed by atoms with Crippen molar-refractivity contribution in [2.75, 3.05) is 20.2 Å². The maximum atomic E-state index is 13.7. The summed E-state index contributed by atoms with van der Waals surface area (Å²) in [6.45, 7) is 1.77. The van der Waals surface area contributed by atoms with Gasteiger partial charge in [0.2, 0.25) is 5.91 Å². The molecule has 2 aliphatic rings. The van der Waals surface area contributed by atoms with Crippen LogP contribution in [-0.4, -0.2) is 48.9 Å². The van der Waals surface area contributed by atoms with Crippen LogP contribution in [0.1, 0.15) is 42.5 Å². The van der Waals surface area contributed by atoms with E-state index in [4.69, 9.17) is 4.74 Å². The fourth-order valence-electron chi connectivity index (χ4n) is 3.72. The first kappa shape index (κ1) is 16.9. The van der Waals surface area contributed by atoms with Gasteiger partial charge in [0.25, 0.3) is 0 Å². The van der Waals surface area contributed by atoms with Crippen molar-refractivity contribution >= 4 is 11.7 Å². The standard InChI is InChI=1S/C18H23FN2O3/c1-24-17-6-2-12(10-15(17)19)16(22)5-7-18(23)21-13-3-4-14(21)11-20-9-8-13/h2,6,10,13-14,20H,3-5,7-9,11H2,1H3. The van der Waals surface area contributed by atoms with Crippen molar-refractivity contribution in [3.63, 3.8) is 0 Å². The van der Waals surface area contributed by atoms with Gasteiger partial charge in [-0.2, -0.15) is 0 Å². The first-order chi connectivity index (χ1) is 11.6. The van der Waals surface area contributed by atoms with E-state index in [0.29, 0.717) is 6.04 Å². The molecule has 1 N–H and O–H groups in total. The Labute approximate surface area is 141 Å². The molecule has 6 heteroatoms. The molecule has 2 bridgehead atoms. The van der Waals surface area contributed by atoms with Gasteiger partial charge in [-0.15, -0.1) is 0 Å². The number of nitrogens with zero attached hydrogens (tertiary/aromatic N) is 1. The Balaban J connectivity index is 1.59. The zero-order chi connectivity index (χ0) is 17.1. The van der Waals surface area contributed by atoms with Gasteiger partial charge in [-0.05, 0) is 44.0 Å². The molecule has 2 fully saturated rings. The van der Waals surface area contributed by atoms with E-state index in [-0.39, 0.29) is 41.9 Å². The lowest BCUT2D eigenvalue weighted by atomic mass is 10.1. The second kappa shape index (κ2) is 7.30. The van der Waals surface area contributed by atoms with Gasteiger partial charge in [-0.3, -0.25) is 9.59 Å². The van der Waals surface area contributed by atoms with E-state index in [1.165, 1.54) is 25.3 Å². The SMILES string of the molecule is COc1ccc(C(=O)CCC(=O)N2C3CCNCC2CC3)cc1F. The van der Waals surface area contributed by atoms with Gasteiger partial charge in [-0.25, -0.2) is 4.39 Å². The van der Waals surface area contributed by atoms with Gasteiger partial charge < -0.3 is 15.0 Å². The third-order valence-corrected chi connectivity index (χ3v) is 4.98. The number of hydrogen-bond donors (Lipinski definition) is 1. The number of amides is 1. The maximum Gasteiger partial charge on any atom is 0.223 e. The lowest BCUT2D eigenvalue weighted by Crippen LogP contribution is -2.42. The van der Waals surface area contributed by atoms with E-state index >= 15 is 0 Å². The number of methoxy groups -OCH3 is 1. The van der Waals surface area contributed by atoms with Crippen LogP contribution >= 0.6 is 0 Å². The van der Waals surface area contributed by atoms with Crippen molar-refractivity contribution in [2.45, 2.75) is 44.2 Å². The number of carbonyl (C=O) groups excluding carboxylic acids is 2. The van der Waals surface area contributed by atoms with Crippen LogP contribution in [0.25, 0.3) is 0 Å². The molecule has 1 aromatic rings. The number of Topliss-reactive ketones (excluding diaryl/α,β-unsaturated/α-hetero) is 1. The molecule has 0 aliphatic carbocycles. The maximum absolute atomic E-state index is 13.7. The Hall–Kier alpha value is -1.95. The van der Waals surface area contributed by atoms with Crippen molar-refractivity contribution in [1.29, 1.82) is 0 Å². The second-order valence-corrected chi connectivity index (χ2v) is 6.45. The lowest BCUT2D eigenvalue weighted by molar-refractivity contribution is -0.133. The molecule has 0 radical (unpaired) electrons. The largest absolute Gasteiger partial charge is 0.494 e. The van der Waals surface area contributed by atoms with Crippen molar-refractivity contribution in [2.24, 2.45) is 0 Å². The fraction of sp³-hybridized carbons (Fsp3) is 0.556. The molecule has 0 spiro atoms. The third kappa shape index (κ3) is 3.43. The van der Waals surface area contributed by atoms with Gasteiger partial charge in [0, 0.05) is 37.0 Å². The van der Waals surface area contributed by atoms with Crippen molar-refractivity contribution < 1.29 is 18.7 Å². The first-order valence-corrected chi connectivity index (χ1v) is 8.48. The summed E-state index contributed by atoms with van der Waals surface area (Å²) < 4.78 is 18.5. The van der Waals surface area contributed by atoms with Gasteiger partial charge in [0.15, 0.2) is 17.3 Å². The number of rotatable bonds is 5. The predicted molar refractivity (Wildman–Crippen MR) is 87.7 cm³/mol. The van der Waals surface area contributed by atoms with Crippen LogP contribution in [0.4, 0.5) is 4.39 Å². The van der Waals surface area contributed by atoms with Crippen LogP contribution in [0.3, 0.4) is 0 Å². The number of ether oxygens (including phenoxy) is 1. The van der Waals surface area contributed by atoms with Crippen LogP contribution in [-0.2, 0) is 4.79 Å². The molecule has 0 saturated carbocycles. The average Bonchev–Trinajstić information content (AvgIpc) is 2.85.